The van der Waals surface area contributed by atoms with Gasteiger partial charge in [-0.1, -0.05) is 12.6 Å². The number of hydrogen-bond acceptors (Lipinski definition) is 2. The number of β-amino-alcohol motifs (C(OH)–C–C–N with tert-alkyl or cyclic N) is 1. The summed E-state index contributed by atoms with van der Waals surface area (Å²) in [6, 6.07) is 0. The number of rotatable bonds is 0. The Kier molecular flexibility index (Phi) is 2.15. The number of nitrogens with zero attached hydrogens (tertiary/aromatic N) is 1. The molecular weight excluding hydrogens is 157 g/mol. The maximum atomic E-state index is 12.4. The molecule has 1 N–H and O–H groups in total. The van der Waals surface area contributed by atoms with Crippen LogP contribution >= 0.6 is 12.6 Å². The molecule has 2 atom stereocenters. The van der Waals surface area contributed by atoms with Gasteiger partial charge in [-0.05, 0) is 0 Å². The van der Waals surface area contributed by atoms with Crippen LogP contribution in [0, 0.1) is 0 Å². The van der Waals surface area contributed by atoms with Crippen molar-refractivity contribution in [3.8, 4) is 0 Å². The number of aliphatic hydroxyl groups is 1. The quantitative estimate of drug-likeness (QED) is 0.498. The first kappa shape index (κ1) is 7.81. The summed E-state index contributed by atoms with van der Waals surface area (Å²) in [7, 11) is 0. The molecule has 1 saturated heterocycles. The van der Waals surface area contributed by atoms with Gasteiger partial charge in [0, 0.05) is 0 Å². The van der Waals surface area contributed by atoms with Crippen LogP contribution in [0.15, 0.2) is 0 Å². The smallest absolute Gasteiger partial charge is 0.278 e. The first-order valence-electron chi connectivity index (χ1n) is 2.91. The van der Waals surface area contributed by atoms with E-state index >= 15 is 0 Å². The van der Waals surface area contributed by atoms with Crippen LogP contribution < -0.4 is 0 Å². The van der Waals surface area contributed by atoms with Gasteiger partial charge in [-0.2, -0.15) is 0 Å². The van der Waals surface area contributed by atoms with Gasteiger partial charge < -0.3 is 10.0 Å². The van der Waals surface area contributed by atoms with Crippen LogP contribution in [0.5, 0.6) is 0 Å². The number of aliphatic hydroxyl groups excluding tert-OH is 1. The molecule has 0 saturated carbocycles. The molecule has 0 radical (unpaired) electrons. The Morgan fingerprint density at radius 3 is 2.50 bits per heavy atom. The lowest BCUT2D eigenvalue weighted by Gasteiger charge is -2.09. The average molecular weight is 165 g/mol. The molecule has 0 aromatic heterocycles. The Labute approximate surface area is 63.2 Å². The van der Waals surface area contributed by atoms with E-state index in [0.29, 0.717) is 0 Å². The minimum Gasteiger partial charge on any atom is -0.388 e. The fourth-order valence-electron chi connectivity index (χ4n) is 0.903. The Balaban J connectivity index is 2.49. The molecule has 1 aliphatic rings. The third-order valence-electron chi connectivity index (χ3n) is 1.49. The van der Waals surface area contributed by atoms with Crippen molar-refractivity contribution in [2.45, 2.75) is 12.3 Å². The van der Waals surface area contributed by atoms with Gasteiger partial charge in [0.2, 0.25) is 0 Å². The zero-order chi connectivity index (χ0) is 7.72. The third kappa shape index (κ3) is 1.41. The summed E-state index contributed by atoms with van der Waals surface area (Å²) in [6.07, 6.45) is -2.34. The summed E-state index contributed by atoms with van der Waals surface area (Å²) < 4.78 is 12.4. The van der Waals surface area contributed by atoms with Crippen molar-refractivity contribution >= 4 is 17.9 Å². The summed E-state index contributed by atoms with van der Waals surface area (Å²) in [5.74, 6) is 0. The van der Waals surface area contributed by atoms with Crippen LogP contribution in [-0.4, -0.2) is 40.6 Å². The molecule has 0 aliphatic carbocycles. The lowest BCUT2D eigenvalue weighted by Crippen LogP contribution is -2.24. The van der Waals surface area contributed by atoms with Crippen LogP contribution in [0.4, 0.5) is 9.18 Å². The lowest BCUT2D eigenvalue weighted by atomic mass is 10.3. The highest BCUT2D eigenvalue weighted by molar-refractivity contribution is 7.96. The molecular formula is C5H8FNO2S. The number of carbonyl (C=O) groups excluding carboxylic acids is 1. The van der Waals surface area contributed by atoms with E-state index < -0.39 is 17.5 Å². The van der Waals surface area contributed by atoms with E-state index in [-0.39, 0.29) is 13.1 Å². The van der Waals surface area contributed by atoms with Crippen LogP contribution in [0.1, 0.15) is 0 Å². The molecule has 5 heteroatoms. The standard InChI is InChI=1S/C5H8FNO2S/c6-3-1-7(5(9)10)2-4(3)8/h3-4,8H,1-2H2,(H,9,10). The first-order chi connectivity index (χ1) is 4.61. The number of amides is 1. The summed E-state index contributed by atoms with van der Waals surface area (Å²) in [6.45, 7) is 0.0208. The van der Waals surface area contributed by atoms with Crippen LogP contribution in [0.3, 0.4) is 0 Å². The van der Waals surface area contributed by atoms with Gasteiger partial charge in [-0.3, -0.25) is 4.79 Å². The van der Waals surface area contributed by atoms with Crippen molar-refractivity contribution in [2.75, 3.05) is 13.1 Å². The van der Waals surface area contributed by atoms with Gasteiger partial charge in [0.05, 0.1) is 13.1 Å². The molecule has 2 unspecified atom stereocenters. The average Bonchev–Trinajstić information content (AvgIpc) is 2.13. The Bertz CT molecular complexity index is 145. The molecule has 10 heavy (non-hydrogen) atoms. The van der Waals surface area contributed by atoms with Crippen LogP contribution in [-0.2, 0) is 0 Å². The summed E-state index contributed by atoms with van der Waals surface area (Å²) in [5.41, 5.74) is 0. The van der Waals surface area contributed by atoms with E-state index in [1.165, 1.54) is 4.90 Å². The SMILES string of the molecule is O=C(S)N1CC(O)C(F)C1. The predicted octanol–water partition coefficient (Wildman–Crippen LogP) is 0.0508. The molecule has 0 aromatic carbocycles. The van der Waals surface area contributed by atoms with Crippen molar-refractivity contribution in [2.24, 2.45) is 0 Å². The van der Waals surface area contributed by atoms with Crippen molar-refractivity contribution in [1.82, 2.24) is 4.90 Å². The van der Waals surface area contributed by atoms with Gasteiger partial charge in [0.15, 0.2) is 0 Å². The van der Waals surface area contributed by atoms with E-state index in [1.807, 2.05) is 0 Å². The monoisotopic (exact) mass is 165 g/mol. The maximum Gasteiger partial charge on any atom is 0.278 e. The predicted molar refractivity (Wildman–Crippen MR) is 36.9 cm³/mol. The number of hydrogen-bond donors (Lipinski definition) is 2. The van der Waals surface area contributed by atoms with Crippen molar-refractivity contribution in [3.05, 3.63) is 0 Å². The molecule has 0 spiro atoms. The Morgan fingerprint density at radius 2 is 2.30 bits per heavy atom. The highest BCUT2D eigenvalue weighted by atomic mass is 32.1. The van der Waals surface area contributed by atoms with Gasteiger partial charge in [0.1, 0.15) is 12.3 Å². The second-order valence-electron chi connectivity index (χ2n) is 2.27. The third-order valence-corrected chi connectivity index (χ3v) is 1.77. The topological polar surface area (TPSA) is 40.5 Å². The van der Waals surface area contributed by atoms with E-state index in [9.17, 15) is 9.18 Å². The first-order valence-corrected chi connectivity index (χ1v) is 3.36. The second-order valence-corrected chi connectivity index (χ2v) is 2.65. The van der Waals surface area contributed by atoms with Gasteiger partial charge >= 0.3 is 0 Å². The molecule has 3 nitrogen and oxygen atoms in total. The lowest BCUT2D eigenvalue weighted by molar-refractivity contribution is 0.116. The summed E-state index contributed by atoms with van der Waals surface area (Å²) >= 11 is 3.48. The van der Waals surface area contributed by atoms with Gasteiger partial charge in [-0.15, -0.1) is 0 Å². The number of halogens is 1. The van der Waals surface area contributed by atoms with E-state index in [1.54, 1.807) is 0 Å². The fraction of sp³-hybridized carbons (Fsp3) is 0.800. The second kappa shape index (κ2) is 2.75. The fourth-order valence-corrected chi connectivity index (χ4v) is 1.07. The largest absolute Gasteiger partial charge is 0.388 e. The Hall–Kier alpha value is -0.290. The molecule has 0 bridgehead atoms. The van der Waals surface area contributed by atoms with Crippen molar-refractivity contribution in [1.29, 1.82) is 0 Å². The van der Waals surface area contributed by atoms with E-state index in [0.717, 1.165) is 0 Å². The number of carbonyl (C=O) groups is 1. The number of thiol groups is 1. The number of alkyl halides is 1. The molecule has 1 amide bonds. The van der Waals surface area contributed by atoms with Crippen LogP contribution in [0.25, 0.3) is 0 Å². The maximum absolute atomic E-state index is 12.4. The highest BCUT2D eigenvalue weighted by Gasteiger charge is 2.32. The van der Waals surface area contributed by atoms with Crippen molar-refractivity contribution in [3.63, 3.8) is 0 Å². The minimum atomic E-state index is -1.31. The molecule has 1 heterocycles. The number of likely N-dealkylation sites (tertiary alicyclic amines) is 1. The van der Waals surface area contributed by atoms with Gasteiger partial charge in [0.25, 0.3) is 5.24 Å². The molecule has 1 fully saturated rings. The summed E-state index contributed by atoms with van der Waals surface area (Å²) in [5, 5.41) is 8.33. The van der Waals surface area contributed by atoms with E-state index in [4.69, 9.17) is 5.11 Å². The van der Waals surface area contributed by atoms with E-state index in [2.05, 4.69) is 12.6 Å². The summed E-state index contributed by atoms with van der Waals surface area (Å²) in [4.78, 5) is 11.6. The van der Waals surface area contributed by atoms with Gasteiger partial charge in [-0.25, -0.2) is 4.39 Å². The highest BCUT2D eigenvalue weighted by Crippen LogP contribution is 2.14. The molecule has 1 aliphatic heterocycles. The molecule has 1 rings (SSSR count). The Morgan fingerprint density at radius 1 is 1.70 bits per heavy atom. The van der Waals surface area contributed by atoms with Crippen LogP contribution in [0.2, 0.25) is 0 Å². The minimum absolute atomic E-state index is 0.0382. The zero-order valence-electron chi connectivity index (χ0n) is 5.20. The molecule has 0 aromatic rings. The molecule has 58 valence electrons. The van der Waals surface area contributed by atoms with Crippen molar-refractivity contribution < 1.29 is 14.3 Å². The normalized spacial score (nSPS) is 32.9. The zero-order valence-corrected chi connectivity index (χ0v) is 6.09.